The van der Waals surface area contributed by atoms with Gasteiger partial charge in [-0.2, -0.15) is 16.4 Å². The van der Waals surface area contributed by atoms with Crippen LogP contribution in [0.1, 0.15) is 34.7 Å². The van der Waals surface area contributed by atoms with Gasteiger partial charge in [-0.15, -0.1) is 11.3 Å². The Kier molecular flexibility index (Phi) is 3.50. The van der Waals surface area contributed by atoms with Gasteiger partial charge in [-0.3, -0.25) is 0 Å². The van der Waals surface area contributed by atoms with Crippen LogP contribution in [0.15, 0.2) is 62.1 Å². The molecule has 5 rings (SSSR count). The number of ether oxygens (including phenoxy) is 1. The molecule has 2 aliphatic heterocycles. The van der Waals surface area contributed by atoms with Crippen molar-refractivity contribution in [3.05, 3.63) is 73.0 Å². The lowest BCUT2D eigenvalue weighted by atomic mass is 9.98. The summed E-state index contributed by atoms with van der Waals surface area (Å²) < 4.78 is 7.39. The van der Waals surface area contributed by atoms with Gasteiger partial charge in [0.05, 0.1) is 16.6 Å². The number of rotatable bonds is 2. The van der Waals surface area contributed by atoms with Gasteiger partial charge in [0.2, 0.25) is 6.23 Å². The molecule has 0 spiro atoms. The fourth-order valence-corrected chi connectivity index (χ4v) is 5.05. The largest absolute Gasteiger partial charge is 0.464 e. The van der Waals surface area contributed by atoms with Crippen LogP contribution < -0.4 is 4.74 Å². The first-order chi connectivity index (χ1) is 11.8. The molecule has 0 fully saturated rings. The monoisotopic (exact) mass is 416 g/mol. The lowest BCUT2D eigenvalue weighted by Crippen LogP contribution is -2.33. The zero-order valence-corrected chi connectivity index (χ0v) is 15.8. The Labute approximate surface area is 156 Å². The Bertz CT molecular complexity index is 905. The van der Waals surface area contributed by atoms with Gasteiger partial charge in [-0.25, -0.2) is 5.01 Å². The van der Waals surface area contributed by atoms with E-state index in [9.17, 15) is 0 Å². The van der Waals surface area contributed by atoms with E-state index in [2.05, 4.69) is 67.4 Å². The fourth-order valence-electron chi connectivity index (χ4n) is 3.29. The molecule has 0 amide bonds. The molecule has 4 heterocycles. The minimum absolute atomic E-state index is 0.160. The van der Waals surface area contributed by atoms with Crippen molar-refractivity contribution in [2.75, 3.05) is 0 Å². The number of halogens is 1. The number of hydrogen-bond donors (Lipinski definition) is 0. The highest BCUT2D eigenvalue weighted by Crippen LogP contribution is 2.48. The van der Waals surface area contributed by atoms with Gasteiger partial charge in [0.1, 0.15) is 5.75 Å². The first kappa shape index (κ1) is 14.7. The van der Waals surface area contributed by atoms with Crippen molar-refractivity contribution in [1.29, 1.82) is 0 Å². The average molecular weight is 417 g/mol. The number of hydrogen-bond acceptors (Lipinski definition) is 5. The Morgan fingerprint density at radius 1 is 1.21 bits per heavy atom. The molecule has 24 heavy (non-hydrogen) atoms. The second kappa shape index (κ2) is 5.72. The van der Waals surface area contributed by atoms with E-state index >= 15 is 0 Å². The summed E-state index contributed by atoms with van der Waals surface area (Å²) in [6.45, 7) is 0. The predicted octanol–water partition coefficient (Wildman–Crippen LogP) is 5.81. The zero-order valence-electron chi connectivity index (χ0n) is 12.6. The third-order valence-electron chi connectivity index (χ3n) is 4.39. The number of nitrogens with zero attached hydrogens (tertiary/aromatic N) is 2. The molecule has 0 radical (unpaired) electrons. The molecule has 1 aromatic carbocycles. The third kappa shape index (κ3) is 2.32. The Balaban J connectivity index is 1.62. The zero-order chi connectivity index (χ0) is 16.1. The van der Waals surface area contributed by atoms with Gasteiger partial charge in [-0.1, -0.05) is 22.0 Å². The van der Waals surface area contributed by atoms with Crippen molar-refractivity contribution in [2.24, 2.45) is 5.10 Å². The van der Waals surface area contributed by atoms with E-state index in [0.29, 0.717) is 0 Å². The summed E-state index contributed by atoms with van der Waals surface area (Å²) >= 11 is 7.02. The van der Waals surface area contributed by atoms with E-state index in [1.807, 2.05) is 6.07 Å². The van der Waals surface area contributed by atoms with Crippen LogP contribution in [-0.4, -0.2) is 10.7 Å². The molecular formula is C18H13BrN2OS2. The van der Waals surface area contributed by atoms with E-state index < -0.39 is 0 Å². The molecule has 0 bridgehead atoms. The van der Waals surface area contributed by atoms with Gasteiger partial charge < -0.3 is 4.74 Å². The van der Waals surface area contributed by atoms with Gasteiger partial charge >= 0.3 is 0 Å². The second-order valence-electron chi connectivity index (χ2n) is 5.83. The summed E-state index contributed by atoms with van der Waals surface area (Å²) in [5.41, 5.74) is 3.51. The van der Waals surface area contributed by atoms with Crippen LogP contribution in [0.5, 0.6) is 5.75 Å². The van der Waals surface area contributed by atoms with Crippen molar-refractivity contribution in [1.82, 2.24) is 5.01 Å². The maximum Gasteiger partial charge on any atom is 0.214 e. The highest BCUT2D eigenvalue weighted by Gasteiger charge is 2.41. The summed E-state index contributed by atoms with van der Waals surface area (Å²) in [6.07, 6.45) is 0.751. The maximum absolute atomic E-state index is 6.32. The van der Waals surface area contributed by atoms with Gasteiger partial charge in [0.25, 0.3) is 0 Å². The number of hydrazone groups is 1. The van der Waals surface area contributed by atoms with Crippen LogP contribution in [0.4, 0.5) is 0 Å². The van der Waals surface area contributed by atoms with Crippen LogP contribution in [0.2, 0.25) is 0 Å². The standard InChI is InChI=1S/C18H13BrN2OS2/c19-12-3-4-16-13(8-12)15-9-14(17-2-1-6-24-17)20-21(15)18(22-16)11-5-7-23-10-11/h1-8,10,15,18H,9H2/t15-,18+/m1/s1. The third-order valence-corrected chi connectivity index (χ3v) is 6.50. The highest BCUT2D eigenvalue weighted by atomic mass is 79.9. The fraction of sp³-hybridized carbons (Fsp3) is 0.167. The highest BCUT2D eigenvalue weighted by molar-refractivity contribution is 9.10. The number of thiophene rings is 2. The minimum atomic E-state index is -0.160. The Morgan fingerprint density at radius 3 is 2.96 bits per heavy atom. The van der Waals surface area contributed by atoms with Gasteiger partial charge in [0, 0.05) is 22.0 Å². The van der Waals surface area contributed by atoms with Crippen molar-refractivity contribution < 1.29 is 4.74 Å². The second-order valence-corrected chi connectivity index (χ2v) is 8.48. The first-order valence-electron chi connectivity index (χ1n) is 7.67. The quantitative estimate of drug-likeness (QED) is 0.525. The van der Waals surface area contributed by atoms with Gasteiger partial charge in [-0.05, 0) is 46.5 Å². The topological polar surface area (TPSA) is 24.8 Å². The van der Waals surface area contributed by atoms with Crippen LogP contribution in [0.25, 0.3) is 0 Å². The van der Waals surface area contributed by atoms with Crippen molar-refractivity contribution in [3.63, 3.8) is 0 Å². The molecule has 2 aliphatic rings. The smallest absolute Gasteiger partial charge is 0.214 e. The number of benzene rings is 1. The van der Waals surface area contributed by atoms with E-state index in [1.165, 1.54) is 10.4 Å². The summed E-state index contributed by atoms with van der Waals surface area (Å²) in [4.78, 5) is 1.24. The van der Waals surface area contributed by atoms with Crippen molar-refractivity contribution in [3.8, 4) is 5.75 Å². The maximum atomic E-state index is 6.32. The normalized spacial score (nSPS) is 21.9. The molecule has 3 aromatic rings. The van der Waals surface area contributed by atoms with E-state index in [1.54, 1.807) is 22.7 Å². The summed E-state index contributed by atoms with van der Waals surface area (Å²) in [5, 5.41) is 13.4. The summed E-state index contributed by atoms with van der Waals surface area (Å²) in [7, 11) is 0. The molecule has 2 atom stereocenters. The molecule has 3 nitrogen and oxygen atoms in total. The molecule has 0 saturated heterocycles. The van der Waals surface area contributed by atoms with Crippen LogP contribution in [-0.2, 0) is 0 Å². The van der Waals surface area contributed by atoms with Crippen LogP contribution >= 0.6 is 38.6 Å². The first-order valence-corrected chi connectivity index (χ1v) is 10.3. The molecule has 0 saturated carbocycles. The van der Waals surface area contributed by atoms with E-state index in [4.69, 9.17) is 9.84 Å². The van der Waals surface area contributed by atoms with Crippen molar-refractivity contribution >= 4 is 44.3 Å². The molecule has 0 aliphatic carbocycles. The van der Waals surface area contributed by atoms with E-state index in [0.717, 1.165) is 27.9 Å². The molecule has 2 aromatic heterocycles. The van der Waals surface area contributed by atoms with E-state index in [-0.39, 0.29) is 12.3 Å². The van der Waals surface area contributed by atoms with Crippen LogP contribution in [0, 0.1) is 0 Å². The average Bonchev–Trinajstić information content (AvgIpc) is 3.33. The summed E-state index contributed by atoms with van der Waals surface area (Å²) in [6, 6.07) is 12.8. The Hall–Kier alpha value is -1.63. The van der Waals surface area contributed by atoms with Crippen LogP contribution in [0.3, 0.4) is 0 Å². The lowest BCUT2D eigenvalue weighted by Gasteiger charge is -2.37. The summed E-state index contributed by atoms with van der Waals surface area (Å²) in [5.74, 6) is 0.957. The molecular weight excluding hydrogens is 404 g/mol. The lowest BCUT2D eigenvalue weighted by molar-refractivity contribution is -0.0188. The minimum Gasteiger partial charge on any atom is -0.464 e. The molecule has 0 unspecified atom stereocenters. The Morgan fingerprint density at radius 2 is 2.17 bits per heavy atom. The van der Waals surface area contributed by atoms with Crippen molar-refractivity contribution in [2.45, 2.75) is 18.7 Å². The number of fused-ring (bicyclic) bond motifs is 3. The molecule has 6 heteroatoms. The molecule has 0 N–H and O–H groups in total. The predicted molar refractivity (Wildman–Crippen MR) is 102 cm³/mol. The van der Waals surface area contributed by atoms with Gasteiger partial charge in [0.15, 0.2) is 0 Å². The SMILES string of the molecule is Brc1ccc2c(c1)[C@H]1CC(c3cccs3)=NN1[C@H](c1ccsc1)O2. The molecule has 120 valence electrons.